The maximum absolute atomic E-state index is 12.0. The van der Waals surface area contributed by atoms with Gasteiger partial charge in [-0.3, -0.25) is 9.59 Å². The van der Waals surface area contributed by atoms with E-state index < -0.39 is 5.91 Å². The molecule has 0 saturated carbocycles. The molecular formula is C20H21N3O4. The second-order valence-corrected chi connectivity index (χ2v) is 5.37. The Balaban J connectivity index is 1.75. The SMILES string of the molecule is C=CCOc1ccc(/C=N/NC(=O)CNC(=O)c2ccc(OC)cc2)cc1. The van der Waals surface area contributed by atoms with E-state index in [2.05, 4.69) is 22.4 Å². The summed E-state index contributed by atoms with van der Waals surface area (Å²) in [6.45, 7) is 3.84. The highest BCUT2D eigenvalue weighted by Crippen LogP contribution is 2.11. The normalized spacial score (nSPS) is 10.3. The van der Waals surface area contributed by atoms with Gasteiger partial charge in [0.05, 0.1) is 19.9 Å². The monoisotopic (exact) mass is 367 g/mol. The lowest BCUT2D eigenvalue weighted by Crippen LogP contribution is -2.34. The second kappa shape index (κ2) is 10.4. The van der Waals surface area contributed by atoms with Crippen molar-refractivity contribution in [1.82, 2.24) is 10.7 Å². The number of hydrogen-bond acceptors (Lipinski definition) is 5. The number of ether oxygens (including phenoxy) is 2. The summed E-state index contributed by atoms with van der Waals surface area (Å²) in [7, 11) is 1.55. The topological polar surface area (TPSA) is 89.0 Å². The Morgan fingerprint density at radius 1 is 1.07 bits per heavy atom. The molecule has 0 saturated heterocycles. The van der Waals surface area contributed by atoms with Crippen molar-refractivity contribution >= 4 is 18.0 Å². The minimum absolute atomic E-state index is 0.184. The molecule has 2 N–H and O–H groups in total. The first kappa shape index (κ1) is 19.7. The molecule has 0 spiro atoms. The van der Waals surface area contributed by atoms with E-state index in [4.69, 9.17) is 9.47 Å². The molecule has 0 heterocycles. The van der Waals surface area contributed by atoms with Crippen LogP contribution >= 0.6 is 0 Å². The molecule has 0 unspecified atom stereocenters. The summed E-state index contributed by atoms with van der Waals surface area (Å²) in [5.41, 5.74) is 3.59. The molecule has 140 valence electrons. The van der Waals surface area contributed by atoms with Gasteiger partial charge in [0.2, 0.25) is 0 Å². The maximum atomic E-state index is 12.0. The third-order valence-corrected chi connectivity index (χ3v) is 3.41. The summed E-state index contributed by atoms with van der Waals surface area (Å²) >= 11 is 0. The van der Waals surface area contributed by atoms with E-state index >= 15 is 0 Å². The molecule has 7 nitrogen and oxygen atoms in total. The number of nitrogens with zero attached hydrogens (tertiary/aromatic N) is 1. The van der Waals surface area contributed by atoms with Gasteiger partial charge in [0, 0.05) is 5.56 Å². The van der Waals surface area contributed by atoms with Crippen LogP contribution in [0.3, 0.4) is 0 Å². The fourth-order valence-electron chi connectivity index (χ4n) is 2.03. The Morgan fingerprint density at radius 2 is 1.74 bits per heavy atom. The van der Waals surface area contributed by atoms with Crippen LogP contribution in [-0.2, 0) is 4.79 Å². The Labute approximate surface area is 157 Å². The minimum atomic E-state index is -0.431. The Morgan fingerprint density at radius 3 is 2.37 bits per heavy atom. The van der Waals surface area contributed by atoms with Crippen LogP contribution < -0.4 is 20.2 Å². The van der Waals surface area contributed by atoms with Crippen LogP contribution in [0.15, 0.2) is 66.3 Å². The quantitative estimate of drug-likeness (QED) is 0.404. The molecule has 0 radical (unpaired) electrons. The highest BCUT2D eigenvalue weighted by Gasteiger charge is 2.07. The molecule has 0 aliphatic carbocycles. The second-order valence-electron chi connectivity index (χ2n) is 5.37. The van der Waals surface area contributed by atoms with Crippen LogP contribution in [0.5, 0.6) is 11.5 Å². The van der Waals surface area contributed by atoms with E-state index in [0.29, 0.717) is 17.9 Å². The third kappa shape index (κ3) is 6.66. The Kier molecular flexibility index (Phi) is 7.59. The summed E-state index contributed by atoms with van der Waals surface area (Å²) in [5, 5.41) is 6.38. The fourth-order valence-corrected chi connectivity index (χ4v) is 2.03. The van der Waals surface area contributed by atoms with Gasteiger partial charge in [-0.2, -0.15) is 5.10 Å². The first-order valence-electron chi connectivity index (χ1n) is 8.20. The number of methoxy groups -OCH3 is 1. The molecule has 7 heteroatoms. The first-order valence-corrected chi connectivity index (χ1v) is 8.20. The van der Waals surface area contributed by atoms with Crippen LogP contribution in [0.2, 0.25) is 0 Å². The predicted molar refractivity (Wildman–Crippen MR) is 103 cm³/mol. The van der Waals surface area contributed by atoms with Crippen molar-refractivity contribution < 1.29 is 19.1 Å². The number of hydrogen-bond donors (Lipinski definition) is 2. The molecule has 2 aromatic rings. The van der Waals surface area contributed by atoms with E-state index in [-0.39, 0.29) is 12.5 Å². The largest absolute Gasteiger partial charge is 0.497 e. The van der Waals surface area contributed by atoms with Gasteiger partial charge in [0.25, 0.3) is 11.8 Å². The van der Waals surface area contributed by atoms with E-state index in [1.807, 2.05) is 0 Å². The highest BCUT2D eigenvalue weighted by molar-refractivity contribution is 5.96. The highest BCUT2D eigenvalue weighted by atomic mass is 16.5. The number of carbonyl (C=O) groups excluding carboxylic acids is 2. The van der Waals surface area contributed by atoms with E-state index in [0.717, 1.165) is 11.3 Å². The lowest BCUT2D eigenvalue weighted by molar-refractivity contribution is -0.120. The molecule has 0 bridgehead atoms. The maximum Gasteiger partial charge on any atom is 0.259 e. The molecular weight excluding hydrogens is 346 g/mol. The number of hydrazone groups is 1. The predicted octanol–water partition coefficient (Wildman–Crippen LogP) is 2.14. The summed E-state index contributed by atoms with van der Waals surface area (Å²) in [4.78, 5) is 23.7. The standard InChI is InChI=1S/C20H21N3O4/c1-3-12-27-18-8-4-15(5-9-18)13-22-23-19(24)14-21-20(25)16-6-10-17(26-2)11-7-16/h3-11,13H,1,12,14H2,2H3,(H,21,25)(H,23,24)/b22-13+. The van der Waals surface area contributed by atoms with Gasteiger partial charge >= 0.3 is 0 Å². The van der Waals surface area contributed by atoms with Crippen molar-refractivity contribution in [3.8, 4) is 11.5 Å². The van der Waals surface area contributed by atoms with Gasteiger partial charge in [0.15, 0.2) is 0 Å². The number of carbonyl (C=O) groups is 2. The molecule has 2 amide bonds. The average molecular weight is 367 g/mol. The zero-order chi connectivity index (χ0) is 19.5. The van der Waals surface area contributed by atoms with Crippen LogP contribution in [0.25, 0.3) is 0 Å². The van der Waals surface area contributed by atoms with Gasteiger partial charge in [-0.25, -0.2) is 5.43 Å². The Bertz CT molecular complexity index is 799. The van der Waals surface area contributed by atoms with Gasteiger partial charge in [-0.1, -0.05) is 12.7 Å². The van der Waals surface area contributed by atoms with Crippen molar-refractivity contribution in [2.45, 2.75) is 0 Å². The molecule has 0 aliphatic rings. The first-order chi connectivity index (χ1) is 13.1. The fraction of sp³-hybridized carbons (Fsp3) is 0.150. The van der Waals surface area contributed by atoms with Gasteiger partial charge in [0.1, 0.15) is 18.1 Å². The van der Waals surface area contributed by atoms with Crippen molar-refractivity contribution in [3.05, 3.63) is 72.3 Å². The average Bonchev–Trinajstić information content (AvgIpc) is 2.71. The molecule has 2 rings (SSSR count). The lowest BCUT2D eigenvalue weighted by Gasteiger charge is -2.05. The van der Waals surface area contributed by atoms with E-state index in [1.165, 1.54) is 6.21 Å². The third-order valence-electron chi connectivity index (χ3n) is 3.41. The summed E-state index contributed by atoms with van der Waals surface area (Å²) in [5.74, 6) is 0.585. The van der Waals surface area contributed by atoms with Crippen molar-refractivity contribution in [2.75, 3.05) is 20.3 Å². The van der Waals surface area contributed by atoms with Gasteiger partial charge in [-0.15, -0.1) is 0 Å². The molecule has 0 aliphatic heterocycles. The Hall–Kier alpha value is -3.61. The van der Waals surface area contributed by atoms with Crippen LogP contribution in [-0.4, -0.2) is 38.3 Å². The smallest absolute Gasteiger partial charge is 0.259 e. The molecule has 2 aromatic carbocycles. The van der Waals surface area contributed by atoms with E-state index in [9.17, 15) is 9.59 Å². The van der Waals surface area contributed by atoms with Crippen LogP contribution in [0.1, 0.15) is 15.9 Å². The molecule has 0 aromatic heterocycles. The summed E-state index contributed by atoms with van der Waals surface area (Å²) < 4.78 is 10.4. The zero-order valence-corrected chi connectivity index (χ0v) is 15.0. The number of amides is 2. The van der Waals surface area contributed by atoms with Crippen LogP contribution in [0.4, 0.5) is 0 Å². The van der Waals surface area contributed by atoms with Crippen LogP contribution in [0, 0.1) is 0 Å². The molecule has 0 atom stereocenters. The van der Waals surface area contributed by atoms with Gasteiger partial charge < -0.3 is 14.8 Å². The van der Waals surface area contributed by atoms with Gasteiger partial charge in [-0.05, 0) is 54.1 Å². The minimum Gasteiger partial charge on any atom is -0.497 e. The van der Waals surface area contributed by atoms with Crippen molar-refractivity contribution in [1.29, 1.82) is 0 Å². The number of benzene rings is 2. The molecule has 27 heavy (non-hydrogen) atoms. The number of nitrogens with one attached hydrogen (secondary N) is 2. The lowest BCUT2D eigenvalue weighted by atomic mass is 10.2. The summed E-state index contributed by atoms with van der Waals surface area (Å²) in [6, 6.07) is 13.8. The zero-order valence-electron chi connectivity index (χ0n) is 15.0. The van der Waals surface area contributed by atoms with Crippen molar-refractivity contribution in [3.63, 3.8) is 0 Å². The molecule has 0 fully saturated rings. The number of rotatable bonds is 9. The summed E-state index contributed by atoms with van der Waals surface area (Å²) in [6.07, 6.45) is 3.17. The van der Waals surface area contributed by atoms with E-state index in [1.54, 1.807) is 61.7 Å². The van der Waals surface area contributed by atoms with Crippen molar-refractivity contribution in [2.24, 2.45) is 5.10 Å².